The lowest BCUT2D eigenvalue weighted by Gasteiger charge is -2.21. The van der Waals surface area contributed by atoms with Gasteiger partial charge in [-0.15, -0.1) is 0 Å². The summed E-state index contributed by atoms with van der Waals surface area (Å²) in [6, 6.07) is 17.7. The fourth-order valence-corrected chi connectivity index (χ4v) is 3.13. The van der Waals surface area contributed by atoms with E-state index in [0.717, 1.165) is 4.47 Å². The van der Waals surface area contributed by atoms with Crippen LogP contribution in [-0.2, 0) is 0 Å². The average molecular weight is 430 g/mol. The van der Waals surface area contributed by atoms with Gasteiger partial charge in [0.1, 0.15) is 0 Å². The molecule has 1 nitrogen and oxygen atoms in total. The zero-order valence-corrected chi connectivity index (χ0v) is 14.8. The van der Waals surface area contributed by atoms with Crippen molar-refractivity contribution in [3.63, 3.8) is 0 Å². The van der Waals surface area contributed by atoms with Crippen LogP contribution < -0.4 is 5.32 Å². The van der Waals surface area contributed by atoms with Crippen LogP contribution >= 0.6 is 38.5 Å². The Hall–Kier alpha value is -0.390. The zero-order valence-electron chi connectivity index (χ0n) is 11.0. The summed E-state index contributed by atoms with van der Waals surface area (Å²) >= 11 is 5.94. The van der Waals surface area contributed by atoms with E-state index in [1.54, 1.807) is 0 Å². The number of rotatable bonds is 4. The van der Waals surface area contributed by atoms with Gasteiger partial charge in [-0.05, 0) is 65.8 Å². The molecule has 2 aromatic carbocycles. The summed E-state index contributed by atoms with van der Waals surface area (Å²) in [5.41, 5.74) is 2.61. The lowest BCUT2D eigenvalue weighted by molar-refractivity contribution is 0.493. The van der Waals surface area contributed by atoms with Crippen molar-refractivity contribution >= 4 is 38.5 Å². The summed E-state index contributed by atoms with van der Waals surface area (Å²) in [6.07, 6.45) is 0. The van der Waals surface area contributed by atoms with Crippen molar-refractivity contribution in [3.05, 3.63) is 67.7 Å². The van der Waals surface area contributed by atoms with Crippen LogP contribution in [0, 0.1) is 3.57 Å². The van der Waals surface area contributed by atoms with E-state index in [0.29, 0.717) is 12.1 Å². The van der Waals surface area contributed by atoms with Crippen molar-refractivity contribution in [2.75, 3.05) is 0 Å². The first-order valence-corrected chi connectivity index (χ1v) is 8.21. The molecule has 19 heavy (non-hydrogen) atoms. The van der Waals surface area contributed by atoms with E-state index >= 15 is 0 Å². The van der Waals surface area contributed by atoms with Gasteiger partial charge in [0.25, 0.3) is 0 Å². The van der Waals surface area contributed by atoms with Crippen LogP contribution in [0.1, 0.15) is 37.1 Å². The Morgan fingerprint density at radius 3 is 2.21 bits per heavy atom. The normalized spacial score (nSPS) is 14.1. The van der Waals surface area contributed by atoms with Gasteiger partial charge in [-0.3, -0.25) is 0 Å². The van der Waals surface area contributed by atoms with Gasteiger partial charge in [-0.1, -0.05) is 46.3 Å². The monoisotopic (exact) mass is 429 g/mol. The lowest BCUT2D eigenvalue weighted by atomic mass is 10.0. The summed E-state index contributed by atoms with van der Waals surface area (Å²) in [6.45, 7) is 4.40. The van der Waals surface area contributed by atoms with E-state index < -0.39 is 0 Å². The lowest BCUT2D eigenvalue weighted by Crippen LogP contribution is -2.22. The summed E-state index contributed by atoms with van der Waals surface area (Å²) in [4.78, 5) is 0. The molecule has 0 bridgehead atoms. The maximum absolute atomic E-state index is 3.64. The Kier molecular flexibility index (Phi) is 5.42. The molecule has 0 amide bonds. The highest BCUT2D eigenvalue weighted by Crippen LogP contribution is 2.25. The fourth-order valence-electron chi connectivity index (χ4n) is 2.14. The molecule has 1 unspecified atom stereocenters. The van der Waals surface area contributed by atoms with Gasteiger partial charge in [-0.25, -0.2) is 0 Å². The van der Waals surface area contributed by atoms with Crippen LogP contribution in [0.2, 0.25) is 0 Å². The van der Waals surface area contributed by atoms with Gasteiger partial charge in [0.05, 0.1) is 0 Å². The largest absolute Gasteiger partial charge is 0.304 e. The van der Waals surface area contributed by atoms with Crippen molar-refractivity contribution in [2.45, 2.75) is 25.9 Å². The van der Waals surface area contributed by atoms with E-state index in [1.165, 1.54) is 14.7 Å². The van der Waals surface area contributed by atoms with Crippen molar-refractivity contribution in [2.24, 2.45) is 0 Å². The first kappa shape index (κ1) is 15.0. The van der Waals surface area contributed by atoms with Gasteiger partial charge >= 0.3 is 0 Å². The van der Waals surface area contributed by atoms with Gasteiger partial charge < -0.3 is 5.32 Å². The highest BCUT2D eigenvalue weighted by atomic mass is 127. The molecule has 0 aliphatic rings. The molecule has 3 heteroatoms. The third kappa shape index (κ3) is 4.04. The molecule has 100 valence electrons. The minimum absolute atomic E-state index is 0.310. The molecule has 2 aromatic rings. The molecule has 0 fully saturated rings. The quantitative estimate of drug-likeness (QED) is 0.635. The number of nitrogens with one attached hydrogen (secondary N) is 1. The second kappa shape index (κ2) is 6.86. The molecule has 0 spiro atoms. The van der Waals surface area contributed by atoms with E-state index in [2.05, 4.69) is 100 Å². The van der Waals surface area contributed by atoms with Crippen molar-refractivity contribution in [1.82, 2.24) is 5.32 Å². The minimum Gasteiger partial charge on any atom is -0.304 e. The minimum atomic E-state index is 0.310. The highest BCUT2D eigenvalue weighted by molar-refractivity contribution is 14.1. The second-order valence-electron chi connectivity index (χ2n) is 4.68. The van der Waals surface area contributed by atoms with Crippen molar-refractivity contribution < 1.29 is 0 Å². The van der Waals surface area contributed by atoms with Crippen LogP contribution in [0.25, 0.3) is 0 Å². The molecular formula is C16H17BrIN. The smallest absolute Gasteiger partial charge is 0.0308 e. The Morgan fingerprint density at radius 1 is 0.947 bits per heavy atom. The maximum atomic E-state index is 3.64. The number of hydrogen-bond acceptors (Lipinski definition) is 1. The highest BCUT2D eigenvalue weighted by Gasteiger charge is 2.12. The van der Waals surface area contributed by atoms with Gasteiger partial charge in [-0.2, -0.15) is 0 Å². The van der Waals surface area contributed by atoms with Crippen LogP contribution in [-0.4, -0.2) is 0 Å². The topological polar surface area (TPSA) is 12.0 Å². The number of halogens is 2. The SMILES string of the molecule is CC(N[C@H](C)c1ccccc1Br)c1ccc(I)cc1. The van der Waals surface area contributed by atoms with E-state index in [1.807, 2.05) is 6.07 Å². The molecule has 0 radical (unpaired) electrons. The van der Waals surface area contributed by atoms with Crippen molar-refractivity contribution in [1.29, 1.82) is 0 Å². The van der Waals surface area contributed by atoms with E-state index in [-0.39, 0.29) is 0 Å². The van der Waals surface area contributed by atoms with Gasteiger partial charge in [0.2, 0.25) is 0 Å². The van der Waals surface area contributed by atoms with Crippen LogP contribution in [0.3, 0.4) is 0 Å². The molecular weight excluding hydrogens is 413 g/mol. The van der Waals surface area contributed by atoms with Crippen LogP contribution in [0.4, 0.5) is 0 Å². The molecule has 0 saturated carbocycles. The first-order valence-electron chi connectivity index (χ1n) is 6.34. The van der Waals surface area contributed by atoms with Gasteiger partial charge in [0.15, 0.2) is 0 Å². The van der Waals surface area contributed by atoms with Crippen molar-refractivity contribution in [3.8, 4) is 0 Å². The summed E-state index contributed by atoms with van der Waals surface area (Å²) in [5, 5.41) is 3.64. The molecule has 1 N–H and O–H groups in total. The standard InChI is InChI=1S/C16H17BrIN/c1-11(13-7-9-14(18)10-8-13)19-12(2)15-5-3-4-6-16(15)17/h3-12,19H,1-2H3/t11?,12-/m1/s1. The second-order valence-corrected chi connectivity index (χ2v) is 6.78. The van der Waals surface area contributed by atoms with E-state index in [9.17, 15) is 0 Å². The van der Waals surface area contributed by atoms with E-state index in [4.69, 9.17) is 0 Å². The Balaban J connectivity index is 2.08. The Bertz CT molecular complexity index is 539. The molecule has 2 atom stereocenters. The zero-order chi connectivity index (χ0) is 13.8. The molecule has 0 heterocycles. The van der Waals surface area contributed by atoms with Crippen LogP contribution in [0.5, 0.6) is 0 Å². The third-order valence-corrected chi connectivity index (χ3v) is 4.68. The third-order valence-electron chi connectivity index (χ3n) is 3.24. The van der Waals surface area contributed by atoms with Gasteiger partial charge in [0, 0.05) is 20.1 Å². The van der Waals surface area contributed by atoms with Crippen LogP contribution in [0.15, 0.2) is 53.0 Å². The fraction of sp³-hybridized carbons (Fsp3) is 0.250. The molecule has 0 aliphatic heterocycles. The maximum Gasteiger partial charge on any atom is 0.0308 e. The molecule has 0 saturated heterocycles. The predicted molar refractivity (Wildman–Crippen MR) is 93.3 cm³/mol. The Morgan fingerprint density at radius 2 is 1.58 bits per heavy atom. The first-order chi connectivity index (χ1) is 9.08. The molecule has 0 aromatic heterocycles. The summed E-state index contributed by atoms with van der Waals surface area (Å²) < 4.78 is 2.43. The molecule has 2 rings (SSSR count). The Labute approximate surface area is 137 Å². The average Bonchev–Trinajstić information content (AvgIpc) is 2.39. The summed E-state index contributed by atoms with van der Waals surface area (Å²) in [5.74, 6) is 0. The number of hydrogen-bond donors (Lipinski definition) is 1. The summed E-state index contributed by atoms with van der Waals surface area (Å²) in [7, 11) is 0. The molecule has 0 aliphatic carbocycles. The predicted octanol–water partition coefficient (Wildman–Crippen LogP) is 5.47. The number of benzene rings is 2.